The van der Waals surface area contributed by atoms with Crippen molar-refractivity contribution in [3.8, 4) is 5.69 Å². The molecule has 0 radical (unpaired) electrons. The maximum atomic E-state index is 13.1. The maximum absolute atomic E-state index is 13.1. The Labute approximate surface area is 200 Å². The van der Waals surface area contributed by atoms with Gasteiger partial charge in [0, 0.05) is 24.2 Å². The molecule has 5 rings (SSSR count). The van der Waals surface area contributed by atoms with E-state index in [-0.39, 0.29) is 18.0 Å². The lowest BCUT2D eigenvalue weighted by Gasteiger charge is -2.38. The van der Waals surface area contributed by atoms with Gasteiger partial charge in [-0.1, -0.05) is 18.2 Å². The Bertz CT molecular complexity index is 1450. The number of nitrogens with zero attached hydrogens (tertiary/aromatic N) is 5. The molecule has 0 bridgehead atoms. The number of primary amides is 1. The van der Waals surface area contributed by atoms with Crippen LogP contribution in [0.15, 0.2) is 71.9 Å². The molecule has 1 aliphatic rings. The molecule has 3 N–H and O–H groups in total. The molecule has 35 heavy (non-hydrogen) atoms. The lowest BCUT2D eigenvalue weighted by Crippen LogP contribution is -2.49. The number of nitrogens with two attached hydrogens (primary N) is 1. The Hall–Kier alpha value is -4.31. The zero-order valence-electron chi connectivity index (χ0n) is 18.9. The van der Waals surface area contributed by atoms with Crippen molar-refractivity contribution in [3.05, 3.63) is 88.6 Å². The summed E-state index contributed by atoms with van der Waals surface area (Å²) in [7, 11) is 0. The van der Waals surface area contributed by atoms with E-state index >= 15 is 0 Å². The first-order valence-corrected chi connectivity index (χ1v) is 11.2. The summed E-state index contributed by atoms with van der Waals surface area (Å²) >= 11 is 0. The molecule has 0 unspecified atom stereocenters. The number of aliphatic hydroxyl groups is 1. The molecule has 2 aromatic heterocycles. The van der Waals surface area contributed by atoms with Gasteiger partial charge in [-0.15, -0.1) is 0 Å². The van der Waals surface area contributed by atoms with Crippen LogP contribution in [0.25, 0.3) is 16.7 Å². The summed E-state index contributed by atoms with van der Waals surface area (Å²) in [5.74, 6) is -0.737. The lowest BCUT2D eigenvalue weighted by molar-refractivity contribution is -0.0299. The summed E-state index contributed by atoms with van der Waals surface area (Å²) in [6.07, 6.45) is 3.54. The number of para-hydroxylation sites is 1. The molecular weight excluding hydrogens is 448 g/mol. The topological polar surface area (TPSA) is 136 Å². The van der Waals surface area contributed by atoms with Crippen molar-refractivity contribution in [2.75, 3.05) is 13.1 Å². The number of piperidine rings is 1. The SMILES string of the molecule is NC(=O)c1ccc(C(=O)N2CCC(O)(Cn3cnc4c(cnn4-c4ccccc4)c3=O)CC2)cc1. The van der Waals surface area contributed by atoms with Gasteiger partial charge in [-0.05, 0) is 49.2 Å². The van der Waals surface area contributed by atoms with Crippen LogP contribution in [0.2, 0.25) is 0 Å². The van der Waals surface area contributed by atoms with Crippen LogP contribution in [0.4, 0.5) is 0 Å². The van der Waals surface area contributed by atoms with Crippen LogP contribution in [0.5, 0.6) is 0 Å². The van der Waals surface area contributed by atoms with E-state index in [2.05, 4.69) is 10.1 Å². The molecule has 3 heterocycles. The molecule has 2 aromatic carbocycles. The lowest BCUT2D eigenvalue weighted by atomic mass is 9.91. The summed E-state index contributed by atoms with van der Waals surface area (Å²) in [5.41, 5.74) is 5.85. The highest BCUT2D eigenvalue weighted by Gasteiger charge is 2.35. The minimum atomic E-state index is -1.15. The Morgan fingerprint density at radius 1 is 1.00 bits per heavy atom. The average molecular weight is 473 g/mol. The second-order valence-corrected chi connectivity index (χ2v) is 8.76. The standard InChI is InChI=1S/C25H24N6O4/c26-21(32)17-6-8-18(9-7-17)23(33)29-12-10-25(35,11-13-29)15-30-16-27-22-20(24(30)34)14-28-31(22)19-4-2-1-3-5-19/h1-9,14,16,35H,10-13,15H2,(H2,26,32). The van der Waals surface area contributed by atoms with Crippen molar-refractivity contribution in [1.82, 2.24) is 24.2 Å². The van der Waals surface area contributed by atoms with Gasteiger partial charge in [-0.3, -0.25) is 19.0 Å². The third kappa shape index (κ3) is 4.31. The Kier molecular flexibility index (Phi) is 5.65. The Morgan fingerprint density at radius 2 is 1.66 bits per heavy atom. The van der Waals surface area contributed by atoms with Crippen molar-refractivity contribution in [2.24, 2.45) is 5.73 Å². The van der Waals surface area contributed by atoms with E-state index in [9.17, 15) is 19.5 Å². The molecule has 1 fully saturated rings. The van der Waals surface area contributed by atoms with Gasteiger partial charge in [0.15, 0.2) is 5.65 Å². The fourth-order valence-electron chi connectivity index (χ4n) is 4.38. The van der Waals surface area contributed by atoms with Gasteiger partial charge in [-0.2, -0.15) is 5.10 Å². The number of rotatable bonds is 5. The number of carbonyl (C=O) groups is 2. The van der Waals surface area contributed by atoms with E-state index < -0.39 is 11.5 Å². The fourth-order valence-corrected chi connectivity index (χ4v) is 4.38. The van der Waals surface area contributed by atoms with Gasteiger partial charge in [0.1, 0.15) is 11.7 Å². The monoisotopic (exact) mass is 472 g/mol. The van der Waals surface area contributed by atoms with Crippen molar-refractivity contribution >= 4 is 22.8 Å². The number of carbonyl (C=O) groups excluding carboxylic acids is 2. The molecule has 1 aliphatic heterocycles. The number of likely N-dealkylation sites (tertiary alicyclic amines) is 1. The van der Waals surface area contributed by atoms with Gasteiger partial charge in [-0.25, -0.2) is 9.67 Å². The second-order valence-electron chi connectivity index (χ2n) is 8.76. The molecule has 0 spiro atoms. The molecule has 2 amide bonds. The number of aromatic nitrogens is 4. The molecule has 0 saturated carbocycles. The van der Waals surface area contributed by atoms with Gasteiger partial charge in [0.25, 0.3) is 11.5 Å². The minimum Gasteiger partial charge on any atom is -0.388 e. The summed E-state index contributed by atoms with van der Waals surface area (Å²) < 4.78 is 3.01. The summed E-state index contributed by atoms with van der Waals surface area (Å²) in [6.45, 7) is 0.743. The van der Waals surface area contributed by atoms with Crippen LogP contribution in [0, 0.1) is 0 Å². The van der Waals surface area contributed by atoms with Crippen LogP contribution in [0.1, 0.15) is 33.6 Å². The highest BCUT2D eigenvalue weighted by molar-refractivity contribution is 5.97. The molecule has 0 aliphatic carbocycles. The van der Waals surface area contributed by atoms with Crippen molar-refractivity contribution in [3.63, 3.8) is 0 Å². The first-order valence-electron chi connectivity index (χ1n) is 11.2. The van der Waals surface area contributed by atoms with Crippen LogP contribution >= 0.6 is 0 Å². The number of hydrogen-bond donors (Lipinski definition) is 2. The van der Waals surface area contributed by atoms with E-state index in [0.717, 1.165) is 5.69 Å². The van der Waals surface area contributed by atoms with Gasteiger partial charge < -0.3 is 15.7 Å². The van der Waals surface area contributed by atoms with Gasteiger partial charge in [0.2, 0.25) is 5.91 Å². The first kappa shape index (κ1) is 22.5. The minimum absolute atomic E-state index is 0.0701. The molecule has 178 valence electrons. The molecule has 4 aromatic rings. The number of fused-ring (bicyclic) bond motifs is 1. The number of benzene rings is 2. The summed E-state index contributed by atoms with van der Waals surface area (Å²) in [4.78, 5) is 43.2. The van der Waals surface area contributed by atoms with Crippen LogP contribution in [-0.4, -0.2) is 59.8 Å². The van der Waals surface area contributed by atoms with Gasteiger partial charge in [0.05, 0.1) is 24.0 Å². The normalized spacial score (nSPS) is 15.3. The highest BCUT2D eigenvalue weighted by Crippen LogP contribution is 2.25. The summed E-state index contributed by atoms with van der Waals surface area (Å²) in [5, 5.41) is 15.9. The number of amides is 2. The van der Waals surface area contributed by atoms with Crippen molar-refractivity contribution in [2.45, 2.75) is 25.0 Å². The highest BCUT2D eigenvalue weighted by atomic mass is 16.3. The average Bonchev–Trinajstić information content (AvgIpc) is 3.31. The van der Waals surface area contributed by atoms with E-state index in [4.69, 9.17) is 5.73 Å². The fraction of sp³-hybridized carbons (Fsp3) is 0.240. The second kappa shape index (κ2) is 8.80. The van der Waals surface area contributed by atoms with E-state index in [1.807, 2.05) is 30.3 Å². The van der Waals surface area contributed by atoms with E-state index in [1.54, 1.807) is 21.7 Å². The Balaban J connectivity index is 1.29. The third-order valence-electron chi connectivity index (χ3n) is 6.42. The van der Waals surface area contributed by atoms with E-state index in [1.165, 1.54) is 29.2 Å². The first-order chi connectivity index (χ1) is 16.8. The third-order valence-corrected chi connectivity index (χ3v) is 6.42. The van der Waals surface area contributed by atoms with Crippen LogP contribution < -0.4 is 11.3 Å². The Morgan fingerprint density at radius 3 is 2.31 bits per heavy atom. The molecular formula is C25H24N6O4. The molecule has 0 atom stereocenters. The molecule has 1 saturated heterocycles. The van der Waals surface area contributed by atoms with Crippen molar-refractivity contribution < 1.29 is 14.7 Å². The van der Waals surface area contributed by atoms with Gasteiger partial charge >= 0.3 is 0 Å². The van der Waals surface area contributed by atoms with Crippen LogP contribution in [0.3, 0.4) is 0 Å². The predicted octanol–water partition coefficient (Wildman–Crippen LogP) is 1.35. The van der Waals surface area contributed by atoms with E-state index in [0.29, 0.717) is 48.1 Å². The zero-order valence-corrected chi connectivity index (χ0v) is 18.9. The molecule has 10 heteroatoms. The largest absolute Gasteiger partial charge is 0.388 e. The quantitative estimate of drug-likeness (QED) is 0.450. The maximum Gasteiger partial charge on any atom is 0.264 e. The predicted molar refractivity (Wildman–Crippen MR) is 128 cm³/mol. The smallest absolute Gasteiger partial charge is 0.264 e. The number of hydrogen-bond acceptors (Lipinski definition) is 6. The molecule has 10 nitrogen and oxygen atoms in total. The summed E-state index contributed by atoms with van der Waals surface area (Å²) in [6, 6.07) is 15.6. The van der Waals surface area contributed by atoms with Crippen LogP contribution in [-0.2, 0) is 6.54 Å². The van der Waals surface area contributed by atoms with Crippen molar-refractivity contribution in [1.29, 1.82) is 0 Å². The zero-order chi connectivity index (χ0) is 24.6.